The highest BCUT2D eigenvalue weighted by molar-refractivity contribution is 5.74. The molecule has 3 rings (SSSR count). The molecule has 1 aliphatic rings. The lowest BCUT2D eigenvalue weighted by molar-refractivity contribution is -0.131. The van der Waals surface area contributed by atoms with Gasteiger partial charge in [-0.1, -0.05) is 12.1 Å². The second-order valence-corrected chi connectivity index (χ2v) is 5.50. The first kappa shape index (κ1) is 15.3. The van der Waals surface area contributed by atoms with Crippen molar-refractivity contribution in [2.75, 3.05) is 31.6 Å². The molecule has 0 unspecified atom stereocenters. The number of anilines is 1. The van der Waals surface area contributed by atoms with Gasteiger partial charge < -0.3 is 14.5 Å². The third-order valence-electron chi connectivity index (χ3n) is 4.12. The number of carbonyl (C=O) groups excluding carboxylic acids is 1. The van der Waals surface area contributed by atoms with E-state index in [9.17, 15) is 4.79 Å². The van der Waals surface area contributed by atoms with Crippen LogP contribution in [0.5, 0.6) is 5.75 Å². The van der Waals surface area contributed by atoms with Gasteiger partial charge in [0.05, 0.1) is 13.2 Å². The number of aromatic nitrogens is 2. The van der Waals surface area contributed by atoms with Crippen molar-refractivity contribution in [3.63, 3.8) is 0 Å². The van der Waals surface area contributed by atoms with Crippen molar-refractivity contribution in [1.29, 1.82) is 0 Å². The quantitative estimate of drug-likeness (QED) is 0.866. The van der Waals surface area contributed by atoms with Crippen molar-refractivity contribution in [2.45, 2.75) is 13.0 Å². The summed E-state index contributed by atoms with van der Waals surface area (Å²) < 4.78 is 5.21. The van der Waals surface area contributed by atoms with Crippen LogP contribution in [-0.4, -0.2) is 47.5 Å². The average Bonchev–Trinajstić information content (AvgIpc) is 2.62. The van der Waals surface area contributed by atoms with Crippen LogP contribution in [0.1, 0.15) is 18.5 Å². The van der Waals surface area contributed by atoms with Crippen LogP contribution in [0.15, 0.2) is 42.7 Å². The Morgan fingerprint density at radius 1 is 1.17 bits per heavy atom. The van der Waals surface area contributed by atoms with Crippen LogP contribution in [0, 0.1) is 0 Å². The van der Waals surface area contributed by atoms with E-state index in [0.29, 0.717) is 19.0 Å². The molecule has 0 aliphatic carbocycles. The Morgan fingerprint density at radius 3 is 2.48 bits per heavy atom. The monoisotopic (exact) mass is 312 g/mol. The van der Waals surface area contributed by atoms with Gasteiger partial charge in [-0.2, -0.15) is 0 Å². The number of piperazine rings is 1. The van der Waals surface area contributed by atoms with Crippen molar-refractivity contribution in [3.05, 3.63) is 48.3 Å². The Morgan fingerprint density at radius 2 is 1.87 bits per heavy atom. The van der Waals surface area contributed by atoms with Gasteiger partial charge in [-0.25, -0.2) is 9.97 Å². The van der Waals surface area contributed by atoms with E-state index in [1.165, 1.54) is 0 Å². The van der Waals surface area contributed by atoms with E-state index >= 15 is 0 Å². The van der Waals surface area contributed by atoms with E-state index in [2.05, 4.69) is 14.9 Å². The maximum Gasteiger partial charge on any atom is 0.225 e. The molecule has 0 saturated carbocycles. The van der Waals surface area contributed by atoms with Crippen molar-refractivity contribution < 1.29 is 9.53 Å². The molecule has 2 heterocycles. The van der Waals surface area contributed by atoms with Crippen LogP contribution in [0.4, 0.5) is 5.95 Å². The van der Waals surface area contributed by atoms with Crippen LogP contribution >= 0.6 is 0 Å². The summed E-state index contributed by atoms with van der Waals surface area (Å²) in [6.45, 7) is 3.68. The highest BCUT2D eigenvalue weighted by Crippen LogP contribution is 2.28. The zero-order valence-electron chi connectivity index (χ0n) is 13.3. The molecule has 0 N–H and O–H groups in total. The first-order valence-electron chi connectivity index (χ1n) is 7.62. The third kappa shape index (κ3) is 3.26. The van der Waals surface area contributed by atoms with Gasteiger partial charge in [-0.3, -0.25) is 4.79 Å². The summed E-state index contributed by atoms with van der Waals surface area (Å²) in [6.07, 6.45) is 3.48. The minimum absolute atomic E-state index is 0.0176. The summed E-state index contributed by atoms with van der Waals surface area (Å²) in [5, 5.41) is 0. The maximum absolute atomic E-state index is 12.0. The van der Waals surface area contributed by atoms with Gasteiger partial charge in [0.15, 0.2) is 0 Å². The molecule has 1 atom stereocenters. The minimum Gasteiger partial charge on any atom is -0.497 e. The third-order valence-corrected chi connectivity index (χ3v) is 4.12. The van der Waals surface area contributed by atoms with E-state index < -0.39 is 0 Å². The summed E-state index contributed by atoms with van der Waals surface area (Å²) in [5.74, 6) is 1.59. The Kier molecular flexibility index (Phi) is 4.41. The SMILES string of the molecule is COc1ccc([C@@H]2CN(c3ncccn3)CCN2C(C)=O)cc1. The molecule has 6 nitrogen and oxygen atoms in total. The molecular formula is C17H20N4O2. The predicted octanol–water partition coefficient (Wildman–Crippen LogP) is 1.90. The van der Waals surface area contributed by atoms with E-state index in [0.717, 1.165) is 17.9 Å². The van der Waals surface area contributed by atoms with Crippen LogP contribution in [0.25, 0.3) is 0 Å². The molecule has 6 heteroatoms. The first-order chi connectivity index (χ1) is 11.2. The fourth-order valence-electron chi connectivity index (χ4n) is 2.91. The Labute approximate surface area is 135 Å². The molecule has 0 spiro atoms. The summed E-state index contributed by atoms with van der Waals surface area (Å²) in [5.41, 5.74) is 1.08. The molecule has 1 saturated heterocycles. The molecule has 2 aromatic rings. The lowest BCUT2D eigenvalue weighted by Crippen LogP contribution is -2.50. The first-order valence-corrected chi connectivity index (χ1v) is 7.62. The maximum atomic E-state index is 12.0. The number of hydrogen-bond acceptors (Lipinski definition) is 5. The fraction of sp³-hybridized carbons (Fsp3) is 0.353. The van der Waals surface area contributed by atoms with Crippen LogP contribution in [0.2, 0.25) is 0 Å². The summed E-state index contributed by atoms with van der Waals surface area (Å²) in [4.78, 5) is 24.7. The Hall–Kier alpha value is -2.63. The van der Waals surface area contributed by atoms with E-state index in [1.807, 2.05) is 29.2 Å². The number of carbonyl (C=O) groups is 1. The Balaban J connectivity index is 1.87. The molecule has 0 bridgehead atoms. The number of methoxy groups -OCH3 is 1. The molecule has 0 radical (unpaired) electrons. The van der Waals surface area contributed by atoms with Gasteiger partial charge in [0.2, 0.25) is 11.9 Å². The summed E-state index contributed by atoms with van der Waals surface area (Å²) in [7, 11) is 1.64. The van der Waals surface area contributed by atoms with Crippen molar-refractivity contribution in [3.8, 4) is 5.75 Å². The summed E-state index contributed by atoms with van der Waals surface area (Å²) >= 11 is 0. The van der Waals surface area contributed by atoms with Gasteiger partial charge in [0.1, 0.15) is 5.75 Å². The van der Waals surface area contributed by atoms with Gasteiger partial charge in [-0.05, 0) is 23.8 Å². The fourth-order valence-corrected chi connectivity index (χ4v) is 2.91. The molecule has 1 aromatic heterocycles. The number of ether oxygens (including phenoxy) is 1. The largest absolute Gasteiger partial charge is 0.497 e. The smallest absolute Gasteiger partial charge is 0.225 e. The zero-order valence-corrected chi connectivity index (χ0v) is 13.3. The lowest BCUT2D eigenvalue weighted by atomic mass is 10.0. The second-order valence-electron chi connectivity index (χ2n) is 5.50. The molecule has 1 aromatic carbocycles. The van der Waals surface area contributed by atoms with E-state index in [1.54, 1.807) is 32.5 Å². The molecule has 120 valence electrons. The molecule has 1 amide bonds. The van der Waals surface area contributed by atoms with Crippen LogP contribution in [0.3, 0.4) is 0 Å². The van der Waals surface area contributed by atoms with Crippen molar-refractivity contribution >= 4 is 11.9 Å². The number of nitrogens with zero attached hydrogens (tertiary/aromatic N) is 4. The van der Waals surface area contributed by atoms with Crippen molar-refractivity contribution in [2.24, 2.45) is 0 Å². The topological polar surface area (TPSA) is 58.6 Å². The van der Waals surface area contributed by atoms with Crippen LogP contribution < -0.4 is 9.64 Å². The van der Waals surface area contributed by atoms with Gasteiger partial charge in [0.25, 0.3) is 0 Å². The highest BCUT2D eigenvalue weighted by atomic mass is 16.5. The minimum atomic E-state index is -0.0176. The number of benzene rings is 1. The zero-order chi connectivity index (χ0) is 16.2. The number of hydrogen-bond donors (Lipinski definition) is 0. The second kappa shape index (κ2) is 6.64. The summed E-state index contributed by atoms with van der Waals surface area (Å²) in [6, 6.07) is 9.65. The van der Waals surface area contributed by atoms with E-state index in [4.69, 9.17) is 4.74 Å². The van der Waals surface area contributed by atoms with Gasteiger partial charge in [0, 0.05) is 39.0 Å². The number of rotatable bonds is 3. The standard InChI is InChI=1S/C17H20N4O2/c1-13(22)21-11-10-20(17-18-8-3-9-19-17)12-16(21)14-4-6-15(23-2)7-5-14/h3-9,16H,10-12H2,1-2H3/t16-/m0/s1. The molecule has 1 fully saturated rings. The highest BCUT2D eigenvalue weighted by Gasteiger charge is 2.30. The predicted molar refractivity (Wildman–Crippen MR) is 87.4 cm³/mol. The lowest BCUT2D eigenvalue weighted by Gasteiger charge is -2.41. The van der Waals surface area contributed by atoms with Crippen molar-refractivity contribution in [1.82, 2.24) is 14.9 Å². The van der Waals surface area contributed by atoms with Gasteiger partial charge in [-0.15, -0.1) is 0 Å². The molecule has 23 heavy (non-hydrogen) atoms. The Bertz CT molecular complexity index is 660. The average molecular weight is 312 g/mol. The number of amides is 1. The normalized spacial score (nSPS) is 17.9. The van der Waals surface area contributed by atoms with E-state index in [-0.39, 0.29) is 11.9 Å². The van der Waals surface area contributed by atoms with Crippen LogP contribution in [-0.2, 0) is 4.79 Å². The van der Waals surface area contributed by atoms with Gasteiger partial charge >= 0.3 is 0 Å². The molecule has 1 aliphatic heterocycles. The molecular weight excluding hydrogens is 292 g/mol.